The van der Waals surface area contributed by atoms with Crippen LogP contribution in [-0.2, 0) is 20.9 Å². The highest BCUT2D eigenvalue weighted by atomic mass is 16.5. The van der Waals surface area contributed by atoms with Gasteiger partial charge in [0.1, 0.15) is 6.04 Å². The molecule has 3 heterocycles. The van der Waals surface area contributed by atoms with Crippen LogP contribution in [0.3, 0.4) is 0 Å². The summed E-state index contributed by atoms with van der Waals surface area (Å²) in [5.41, 5.74) is 1.48. The molecule has 0 spiro atoms. The van der Waals surface area contributed by atoms with E-state index in [4.69, 9.17) is 4.74 Å². The smallest absolute Gasteiger partial charge is 0.262 e. The van der Waals surface area contributed by atoms with Gasteiger partial charge < -0.3 is 10.1 Å². The number of benzene rings is 1. The summed E-state index contributed by atoms with van der Waals surface area (Å²) in [6.45, 7) is 3.73. The second-order valence-electron chi connectivity index (χ2n) is 7.62. The number of likely N-dealkylation sites (tertiary alicyclic amines) is 1. The number of amides is 4. The van der Waals surface area contributed by atoms with Crippen LogP contribution in [-0.4, -0.2) is 78.9 Å². The molecule has 9 nitrogen and oxygen atoms in total. The number of ether oxygens (including phenoxy) is 1. The minimum Gasteiger partial charge on any atom is -0.383 e. The highest BCUT2D eigenvalue weighted by molar-refractivity contribution is 6.24. The summed E-state index contributed by atoms with van der Waals surface area (Å²) in [5, 5.41) is 5.61. The van der Waals surface area contributed by atoms with Gasteiger partial charge in [0.15, 0.2) is 0 Å². The first-order valence-corrected chi connectivity index (χ1v) is 9.77. The molecule has 154 valence electrons. The van der Waals surface area contributed by atoms with E-state index in [2.05, 4.69) is 15.5 Å². The molecule has 29 heavy (non-hydrogen) atoms. The van der Waals surface area contributed by atoms with Gasteiger partial charge in [0.2, 0.25) is 11.8 Å². The Morgan fingerprint density at radius 3 is 2.69 bits per heavy atom. The average Bonchev–Trinajstić information content (AvgIpc) is 2.91. The number of nitrogens with zero attached hydrogens (tertiary/aromatic N) is 2. The minimum absolute atomic E-state index is 0.113. The molecule has 2 fully saturated rings. The molecule has 2 saturated heterocycles. The number of carbonyl (C=O) groups is 4. The van der Waals surface area contributed by atoms with Crippen LogP contribution in [0.2, 0.25) is 0 Å². The van der Waals surface area contributed by atoms with Crippen molar-refractivity contribution in [2.24, 2.45) is 0 Å². The third-order valence-corrected chi connectivity index (χ3v) is 5.64. The molecule has 0 radical (unpaired) electrons. The predicted molar refractivity (Wildman–Crippen MR) is 102 cm³/mol. The fraction of sp³-hybridized carbons (Fsp3) is 0.500. The maximum atomic E-state index is 13.1. The van der Waals surface area contributed by atoms with E-state index in [-0.39, 0.29) is 18.7 Å². The Morgan fingerprint density at radius 1 is 1.17 bits per heavy atom. The van der Waals surface area contributed by atoms with Crippen molar-refractivity contribution in [1.82, 2.24) is 20.4 Å². The van der Waals surface area contributed by atoms with E-state index in [1.807, 2.05) is 6.07 Å². The fourth-order valence-electron chi connectivity index (χ4n) is 4.15. The fourth-order valence-corrected chi connectivity index (χ4v) is 4.15. The van der Waals surface area contributed by atoms with Gasteiger partial charge >= 0.3 is 0 Å². The average molecular weight is 400 g/mol. The van der Waals surface area contributed by atoms with Crippen LogP contribution in [0, 0.1) is 0 Å². The molecule has 4 amide bonds. The van der Waals surface area contributed by atoms with Gasteiger partial charge in [-0.3, -0.25) is 34.3 Å². The van der Waals surface area contributed by atoms with Crippen LogP contribution in [0.5, 0.6) is 0 Å². The molecule has 4 rings (SSSR count). The molecular weight excluding hydrogens is 376 g/mol. The van der Waals surface area contributed by atoms with Gasteiger partial charge in [-0.2, -0.15) is 0 Å². The van der Waals surface area contributed by atoms with Crippen molar-refractivity contribution in [1.29, 1.82) is 0 Å². The third-order valence-electron chi connectivity index (χ3n) is 5.64. The molecule has 0 aliphatic carbocycles. The van der Waals surface area contributed by atoms with Gasteiger partial charge in [0, 0.05) is 45.8 Å². The molecular formula is C20H24N4O5. The van der Waals surface area contributed by atoms with Gasteiger partial charge in [-0.25, -0.2) is 0 Å². The molecule has 1 aromatic carbocycles. The highest BCUT2D eigenvalue weighted by Crippen LogP contribution is 2.31. The van der Waals surface area contributed by atoms with Gasteiger partial charge in [-0.15, -0.1) is 0 Å². The normalized spacial score (nSPS) is 22.7. The molecule has 3 aliphatic rings. The monoisotopic (exact) mass is 400 g/mol. The summed E-state index contributed by atoms with van der Waals surface area (Å²) in [7, 11) is 1.67. The summed E-state index contributed by atoms with van der Waals surface area (Å²) in [5.74, 6) is -1.89. The Kier molecular flexibility index (Phi) is 5.44. The Hall–Kier alpha value is -2.62. The van der Waals surface area contributed by atoms with E-state index >= 15 is 0 Å². The zero-order valence-electron chi connectivity index (χ0n) is 16.3. The van der Waals surface area contributed by atoms with Gasteiger partial charge in [-0.05, 0) is 18.1 Å². The van der Waals surface area contributed by atoms with E-state index in [1.54, 1.807) is 19.2 Å². The van der Waals surface area contributed by atoms with Gasteiger partial charge in [0.05, 0.1) is 17.7 Å². The zero-order chi connectivity index (χ0) is 20.5. The van der Waals surface area contributed by atoms with E-state index < -0.39 is 23.8 Å². The van der Waals surface area contributed by atoms with Crippen LogP contribution < -0.4 is 10.6 Å². The number of methoxy groups -OCH3 is 1. The van der Waals surface area contributed by atoms with Crippen LogP contribution in [0.4, 0.5) is 0 Å². The second-order valence-corrected chi connectivity index (χ2v) is 7.62. The lowest BCUT2D eigenvalue weighted by atomic mass is 10.00. The van der Waals surface area contributed by atoms with Crippen LogP contribution in [0.25, 0.3) is 0 Å². The summed E-state index contributed by atoms with van der Waals surface area (Å²) >= 11 is 0. The van der Waals surface area contributed by atoms with Crippen LogP contribution in [0.1, 0.15) is 39.1 Å². The van der Waals surface area contributed by atoms with Crippen LogP contribution in [0.15, 0.2) is 18.2 Å². The number of hydrogen-bond donors (Lipinski definition) is 2. The van der Waals surface area contributed by atoms with Crippen molar-refractivity contribution < 1.29 is 23.9 Å². The standard InChI is InChI=1S/C20H24N4O5/c1-29-8-7-21-13-10-23(11-13)9-12-3-2-4-14-17(12)20(28)24(19(14)27)15-5-6-16(25)22-18(15)26/h2-4,13,15,21H,5-11H2,1H3,(H,22,25,26). The first-order valence-electron chi connectivity index (χ1n) is 9.77. The first-order chi connectivity index (χ1) is 14.0. The number of rotatable bonds is 7. The topological polar surface area (TPSA) is 108 Å². The highest BCUT2D eigenvalue weighted by Gasteiger charge is 2.45. The number of imide groups is 2. The van der Waals surface area contributed by atoms with Crippen molar-refractivity contribution in [2.45, 2.75) is 31.5 Å². The number of carbonyl (C=O) groups excluding carboxylic acids is 4. The Balaban J connectivity index is 1.46. The largest absolute Gasteiger partial charge is 0.383 e. The lowest BCUT2D eigenvalue weighted by Crippen LogP contribution is -2.57. The molecule has 0 bridgehead atoms. The molecule has 0 aromatic heterocycles. The number of fused-ring (bicyclic) bond motifs is 1. The van der Waals surface area contributed by atoms with Crippen molar-refractivity contribution in [2.75, 3.05) is 33.4 Å². The molecule has 3 aliphatic heterocycles. The summed E-state index contributed by atoms with van der Waals surface area (Å²) < 4.78 is 5.03. The number of nitrogens with one attached hydrogen (secondary N) is 2. The molecule has 1 atom stereocenters. The Bertz CT molecular complexity index is 864. The second kappa shape index (κ2) is 8.02. The van der Waals surface area contributed by atoms with E-state index in [0.717, 1.165) is 30.1 Å². The number of hydrogen-bond acceptors (Lipinski definition) is 7. The van der Waals surface area contributed by atoms with E-state index in [1.165, 1.54) is 0 Å². The molecule has 2 N–H and O–H groups in total. The van der Waals surface area contributed by atoms with Crippen LogP contribution >= 0.6 is 0 Å². The number of piperidine rings is 1. The van der Waals surface area contributed by atoms with E-state index in [9.17, 15) is 19.2 Å². The Labute approximate surface area is 168 Å². The van der Waals surface area contributed by atoms with Crippen molar-refractivity contribution >= 4 is 23.6 Å². The van der Waals surface area contributed by atoms with Gasteiger partial charge in [0.25, 0.3) is 11.8 Å². The summed E-state index contributed by atoms with van der Waals surface area (Å²) in [6, 6.07) is 4.69. The summed E-state index contributed by atoms with van der Waals surface area (Å²) in [6.07, 6.45) is 0.272. The lowest BCUT2D eigenvalue weighted by Gasteiger charge is -2.40. The minimum atomic E-state index is -0.939. The zero-order valence-corrected chi connectivity index (χ0v) is 16.3. The maximum absolute atomic E-state index is 13.1. The predicted octanol–water partition coefficient (Wildman–Crippen LogP) is -0.492. The quantitative estimate of drug-likeness (QED) is 0.470. The Morgan fingerprint density at radius 2 is 1.97 bits per heavy atom. The lowest BCUT2D eigenvalue weighted by molar-refractivity contribution is -0.136. The molecule has 1 aromatic rings. The maximum Gasteiger partial charge on any atom is 0.262 e. The van der Waals surface area contributed by atoms with E-state index in [0.29, 0.717) is 30.3 Å². The summed E-state index contributed by atoms with van der Waals surface area (Å²) in [4.78, 5) is 52.7. The third kappa shape index (κ3) is 3.68. The van der Waals surface area contributed by atoms with Crippen molar-refractivity contribution in [3.05, 3.63) is 34.9 Å². The van der Waals surface area contributed by atoms with Gasteiger partial charge in [-0.1, -0.05) is 12.1 Å². The molecule has 1 unspecified atom stereocenters. The first kappa shape index (κ1) is 19.7. The van der Waals surface area contributed by atoms with Crippen molar-refractivity contribution in [3.8, 4) is 0 Å². The molecule has 0 saturated carbocycles. The SMILES string of the molecule is COCCNC1CN(Cc2cccc3c2C(=O)N(C2CCC(=O)NC2=O)C3=O)C1. The van der Waals surface area contributed by atoms with Crippen molar-refractivity contribution in [3.63, 3.8) is 0 Å². The molecule has 9 heteroatoms.